The van der Waals surface area contributed by atoms with E-state index >= 15 is 0 Å². The van der Waals surface area contributed by atoms with Crippen molar-refractivity contribution in [3.63, 3.8) is 0 Å². The Hall–Kier alpha value is -1.40. The van der Waals surface area contributed by atoms with E-state index in [1.807, 2.05) is 6.92 Å². The lowest BCUT2D eigenvalue weighted by Crippen LogP contribution is -2.50. The molecule has 2 aliphatic carbocycles. The van der Waals surface area contributed by atoms with Crippen molar-refractivity contribution in [2.75, 3.05) is 0 Å². The Labute approximate surface area is 150 Å². The third kappa shape index (κ3) is 4.42. The summed E-state index contributed by atoms with van der Waals surface area (Å²) in [5, 5.41) is 12.9. The molecule has 2 fully saturated rings. The van der Waals surface area contributed by atoms with Crippen molar-refractivity contribution in [2.24, 2.45) is 0 Å². The lowest BCUT2D eigenvalue weighted by atomic mass is 9.90. The molecule has 2 atom stereocenters. The van der Waals surface area contributed by atoms with Crippen molar-refractivity contribution in [2.45, 2.75) is 81.7 Å². The van der Waals surface area contributed by atoms with Crippen molar-refractivity contribution in [3.05, 3.63) is 35.0 Å². The van der Waals surface area contributed by atoms with E-state index < -0.39 is 10.0 Å². The molecule has 1 N–H and O–H groups in total. The van der Waals surface area contributed by atoms with Gasteiger partial charge in [-0.15, -0.1) is 0 Å². The summed E-state index contributed by atoms with van der Waals surface area (Å²) in [6.07, 6.45) is 8.47. The van der Waals surface area contributed by atoms with Crippen LogP contribution in [0, 0.1) is 12.1 Å². The van der Waals surface area contributed by atoms with Crippen molar-refractivity contribution in [3.8, 4) is 0 Å². The predicted octanol–water partition coefficient (Wildman–Crippen LogP) is 3.50. The highest BCUT2D eigenvalue weighted by Crippen LogP contribution is 2.25. The van der Waals surface area contributed by atoms with Gasteiger partial charge in [0.1, 0.15) is 0 Å². The average Bonchev–Trinajstić information content (AvgIpc) is 2.62. The predicted molar refractivity (Wildman–Crippen MR) is 99.3 cm³/mol. The van der Waals surface area contributed by atoms with Crippen LogP contribution in [-0.4, -0.2) is 31.0 Å². The van der Waals surface area contributed by atoms with Crippen LogP contribution >= 0.6 is 0 Å². The number of hydrogen-bond donors (Lipinski definition) is 1. The van der Waals surface area contributed by atoms with Crippen molar-refractivity contribution >= 4 is 15.7 Å². The highest BCUT2D eigenvalue weighted by Gasteiger charge is 2.36. The molecule has 1 aromatic rings. The van der Waals surface area contributed by atoms with Gasteiger partial charge in [-0.2, -0.15) is 0 Å². The van der Waals surface area contributed by atoms with E-state index in [1.54, 1.807) is 24.3 Å². The minimum absolute atomic E-state index is 0.269. The number of benzene rings is 1. The first-order valence-electron chi connectivity index (χ1n) is 9.37. The van der Waals surface area contributed by atoms with Crippen molar-refractivity contribution in [1.29, 1.82) is 0 Å². The Morgan fingerprint density at radius 1 is 1.00 bits per heavy atom. The Morgan fingerprint density at radius 3 is 2.32 bits per heavy atom. The largest absolute Gasteiger partial charge is 0.624 e. The topological polar surface area (TPSA) is 72.2 Å². The van der Waals surface area contributed by atoms with Crippen LogP contribution < -0.4 is 4.72 Å². The lowest BCUT2D eigenvalue weighted by molar-refractivity contribution is -0.511. The molecule has 0 bridgehead atoms. The molecule has 0 aliphatic heterocycles. The number of sulfonamides is 1. The smallest absolute Gasteiger partial charge is 0.241 e. The zero-order valence-electron chi connectivity index (χ0n) is 14.9. The number of hydroxylamine groups is 1. The molecule has 3 rings (SSSR count). The van der Waals surface area contributed by atoms with E-state index in [9.17, 15) is 13.6 Å². The molecule has 2 aliphatic rings. The summed E-state index contributed by atoms with van der Waals surface area (Å²) in [5.41, 5.74) is 1.98. The van der Waals surface area contributed by atoms with Crippen LogP contribution in [0.1, 0.15) is 63.4 Å². The summed E-state index contributed by atoms with van der Waals surface area (Å²) in [5.74, 6) is 0. The summed E-state index contributed by atoms with van der Waals surface area (Å²) < 4.78 is 29.4. The Kier molecular flexibility index (Phi) is 5.79. The first-order valence-corrected chi connectivity index (χ1v) is 10.9. The van der Waals surface area contributed by atoms with Gasteiger partial charge in [0.25, 0.3) is 0 Å². The van der Waals surface area contributed by atoms with E-state index in [-0.39, 0.29) is 17.0 Å². The van der Waals surface area contributed by atoms with Gasteiger partial charge in [-0.3, -0.25) is 0 Å². The van der Waals surface area contributed by atoms with E-state index in [1.165, 1.54) is 6.42 Å². The fourth-order valence-electron chi connectivity index (χ4n) is 3.93. The first kappa shape index (κ1) is 18.4. The molecule has 0 spiro atoms. The Morgan fingerprint density at radius 2 is 1.64 bits per heavy atom. The van der Waals surface area contributed by atoms with Gasteiger partial charge in [-0.25, -0.2) is 17.9 Å². The van der Waals surface area contributed by atoms with E-state index in [0.29, 0.717) is 0 Å². The Bertz CT molecular complexity index is 718. The van der Waals surface area contributed by atoms with Crippen LogP contribution in [0.5, 0.6) is 0 Å². The fraction of sp³-hybridized carbons (Fsp3) is 0.632. The fourth-order valence-corrected chi connectivity index (χ4v) is 5.23. The number of aryl methyl sites for hydroxylation is 1. The second kappa shape index (κ2) is 7.87. The van der Waals surface area contributed by atoms with E-state index in [4.69, 9.17) is 0 Å². The zero-order valence-corrected chi connectivity index (χ0v) is 15.7. The molecule has 0 heterocycles. The zero-order chi connectivity index (χ0) is 17.9. The molecule has 1 aromatic carbocycles. The van der Waals surface area contributed by atoms with Crippen LogP contribution in [0.2, 0.25) is 0 Å². The van der Waals surface area contributed by atoms with Crippen LogP contribution in [0.15, 0.2) is 29.2 Å². The molecule has 0 saturated heterocycles. The standard InChI is InChI=1S/C19H28N2O3S/c1-15-11-13-17(14-12-15)25(23,24)20-18-9-5-6-10-19(18)21(22)16-7-3-2-4-8-16/h11-14,18-20H,2-10H2,1H3/t18-,19-/m1/s1. The molecule has 0 radical (unpaired) electrons. The van der Waals surface area contributed by atoms with Gasteiger partial charge in [0.15, 0.2) is 11.8 Å². The normalized spacial score (nSPS) is 24.9. The number of hydrogen-bond acceptors (Lipinski definition) is 3. The monoisotopic (exact) mass is 364 g/mol. The van der Waals surface area contributed by atoms with Gasteiger partial charge in [-0.05, 0) is 44.7 Å². The molecule has 2 saturated carbocycles. The van der Waals surface area contributed by atoms with E-state index in [2.05, 4.69) is 4.72 Å². The maximum atomic E-state index is 12.9. The second-order valence-corrected chi connectivity index (χ2v) is 9.06. The third-order valence-electron chi connectivity index (χ3n) is 5.41. The molecule has 0 aromatic heterocycles. The third-order valence-corrected chi connectivity index (χ3v) is 6.92. The molecule has 0 unspecified atom stereocenters. The van der Waals surface area contributed by atoms with Crippen molar-refractivity contribution in [1.82, 2.24) is 4.72 Å². The minimum atomic E-state index is -3.60. The molecule has 25 heavy (non-hydrogen) atoms. The quantitative estimate of drug-likeness (QED) is 0.505. The van der Waals surface area contributed by atoms with Crippen LogP contribution in [0.4, 0.5) is 0 Å². The van der Waals surface area contributed by atoms with Crippen LogP contribution in [-0.2, 0) is 10.0 Å². The van der Waals surface area contributed by atoms with Gasteiger partial charge in [0.05, 0.1) is 10.9 Å². The SMILES string of the molecule is Cc1ccc(S(=O)(=O)N[C@@H]2CCCC[C@H]2[N+]([O-])=C2CCCCC2)cc1. The lowest BCUT2D eigenvalue weighted by Gasteiger charge is -2.32. The highest BCUT2D eigenvalue weighted by atomic mass is 32.2. The second-order valence-electron chi connectivity index (χ2n) is 7.35. The maximum absolute atomic E-state index is 12.9. The van der Waals surface area contributed by atoms with E-state index in [0.717, 1.165) is 67.4 Å². The summed E-state index contributed by atoms with van der Waals surface area (Å²) in [6, 6.07) is 6.25. The number of rotatable bonds is 4. The van der Waals surface area contributed by atoms with Crippen LogP contribution in [0.3, 0.4) is 0 Å². The summed E-state index contributed by atoms with van der Waals surface area (Å²) >= 11 is 0. The van der Waals surface area contributed by atoms with Gasteiger partial charge < -0.3 is 5.21 Å². The molecule has 5 nitrogen and oxygen atoms in total. The Balaban J connectivity index is 1.80. The molecular formula is C19H28N2O3S. The number of nitrogens with zero attached hydrogens (tertiary/aromatic N) is 1. The first-order chi connectivity index (χ1) is 12.0. The molecule has 0 amide bonds. The highest BCUT2D eigenvalue weighted by molar-refractivity contribution is 7.89. The van der Waals surface area contributed by atoms with Gasteiger partial charge in [0, 0.05) is 19.3 Å². The van der Waals surface area contributed by atoms with Crippen LogP contribution in [0.25, 0.3) is 0 Å². The van der Waals surface area contributed by atoms with Gasteiger partial charge >= 0.3 is 0 Å². The molecule has 6 heteroatoms. The molecule has 138 valence electrons. The van der Waals surface area contributed by atoms with Crippen molar-refractivity contribution < 1.29 is 13.2 Å². The van der Waals surface area contributed by atoms with Gasteiger partial charge in [-0.1, -0.05) is 30.5 Å². The maximum Gasteiger partial charge on any atom is 0.241 e. The minimum Gasteiger partial charge on any atom is -0.624 e. The average molecular weight is 365 g/mol. The molecular weight excluding hydrogens is 336 g/mol. The summed E-state index contributed by atoms with van der Waals surface area (Å²) in [7, 11) is -3.60. The summed E-state index contributed by atoms with van der Waals surface area (Å²) in [4.78, 5) is 0.269. The number of nitrogens with one attached hydrogen (secondary N) is 1. The summed E-state index contributed by atoms with van der Waals surface area (Å²) in [6.45, 7) is 1.93. The van der Waals surface area contributed by atoms with Gasteiger partial charge in [0.2, 0.25) is 10.0 Å².